The fraction of sp³-hybridized carbons (Fsp3) is 0.321. The maximum Gasteiger partial charge on any atom is 0.262 e. The van der Waals surface area contributed by atoms with E-state index in [-0.39, 0.29) is 24.3 Å². The molecule has 0 fully saturated rings. The number of aromatic nitrogens is 2. The first-order valence-electron chi connectivity index (χ1n) is 12.3. The fourth-order valence-electron chi connectivity index (χ4n) is 4.88. The lowest BCUT2D eigenvalue weighted by Crippen LogP contribution is -2.42. The van der Waals surface area contributed by atoms with Gasteiger partial charge in [-0.15, -0.1) is 0 Å². The molecule has 8 nitrogen and oxygen atoms in total. The average molecular weight is 483 g/mol. The summed E-state index contributed by atoms with van der Waals surface area (Å²) in [6.45, 7) is 5.39. The highest BCUT2D eigenvalue weighted by Gasteiger charge is 2.48. The number of nitrogens with zero attached hydrogens (tertiary/aromatic N) is 5. The van der Waals surface area contributed by atoms with Gasteiger partial charge in [-0.3, -0.25) is 24.5 Å². The van der Waals surface area contributed by atoms with E-state index in [1.165, 1.54) is 4.90 Å². The van der Waals surface area contributed by atoms with Gasteiger partial charge in [0.05, 0.1) is 31.0 Å². The van der Waals surface area contributed by atoms with E-state index in [1.54, 1.807) is 23.4 Å². The Balaban J connectivity index is 1.37. The van der Waals surface area contributed by atoms with Crippen molar-refractivity contribution in [3.8, 4) is 0 Å². The minimum Gasteiger partial charge on any atom is -0.369 e. The van der Waals surface area contributed by atoms with Crippen LogP contribution in [0.25, 0.3) is 0 Å². The van der Waals surface area contributed by atoms with Gasteiger partial charge >= 0.3 is 0 Å². The second kappa shape index (κ2) is 9.53. The summed E-state index contributed by atoms with van der Waals surface area (Å²) in [5.74, 6) is 0.405. The standard InChI is InChI=1S/C28H30N6O2/c1-19(2)11-12-28(22-9-4-3-5-10-22)26(36)34(27(29)32-28)16-20-7-6-8-21(15-20)25(35)33-17-23-24(18-33)31-14-13-30-23/h3-10,13-15,19H,11-12,16-18H2,1-2H3,(H2,29,32). The summed E-state index contributed by atoms with van der Waals surface area (Å²) in [6.07, 6.45) is 4.71. The third-order valence-corrected chi connectivity index (χ3v) is 6.86. The van der Waals surface area contributed by atoms with Crippen LogP contribution in [0.4, 0.5) is 0 Å². The first-order chi connectivity index (χ1) is 17.4. The van der Waals surface area contributed by atoms with Gasteiger partial charge in [0, 0.05) is 18.0 Å². The summed E-state index contributed by atoms with van der Waals surface area (Å²) in [5, 5.41) is 0. The summed E-state index contributed by atoms with van der Waals surface area (Å²) >= 11 is 0. The van der Waals surface area contributed by atoms with Crippen LogP contribution in [-0.4, -0.2) is 37.5 Å². The number of guanidine groups is 1. The molecule has 2 aromatic carbocycles. The van der Waals surface area contributed by atoms with Gasteiger partial charge in [0.2, 0.25) is 0 Å². The Morgan fingerprint density at radius 2 is 1.72 bits per heavy atom. The summed E-state index contributed by atoms with van der Waals surface area (Å²) in [7, 11) is 0. The van der Waals surface area contributed by atoms with E-state index in [9.17, 15) is 9.59 Å². The van der Waals surface area contributed by atoms with Crippen molar-refractivity contribution in [1.29, 1.82) is 0 Å². The van der Waals surface area contributed by atoms with E-state index in [1.807, 2.05) is 48.5 Å². The summed E-state index contributed by atoms with van der Waals surface area (Å²) in [4.78, 5) is 43.7. The normalized spacial score (nSPS) is 19.1. The number of benzene rings is 2. The van der Waals surface area contributed by atoms with Crippen LogP contribution in [0.5, 0.6) is 0 Å². The van der Waals surface area contributed by atoms with Crippen LogP contribution >= 0.6 is 0 Å². The second-order valence-corrected chi connectivity index (χ2v) is 9.83. The van der Waals surface area contributed by atoms with Gasteiger partial charge in [0.15, 0.2) is 11.5 Å². The van der Waals surface area contributed by atoms with E-state index in [0.29, 0.717) is 31.0 Å². The largest absolute Gasteiger partial charge is 0.369 e. The molecule has 3 heterocycles. The quantitative estimate of drug-likeness (QED) is 0.554. The molecule has 2 aliphatic rings. The molecule has 0 bridgehead atoms. The first kappa shape index (κ1) is 23.7. The minimum atomic E-state index is -1.02. The van der Waals surface area contributed by atoms with Crippen LogP contribution < -0.4 is 5.73 Å². The SMILES string of the molecule is CC(C)CCC1(c2ccccc2)N=C(N)N(Cc2cccc(C(=O)N3Cc4nccnc4C3)c2)C1=O. The van der Waals surface area contributed by atoms with Crippen molar-refractivity contribution < 1.29 is 9.59 Å². The molecule has 184 valence electrons. The Labute approximate surface area is 210 Å². The molecular weight excluding hydrogens is 452 g/mol. The van der Waals surface area contributed by atoms with Crippen molar-refractivity contribution in [1.82, 2.24) is 19.8 Å². The molecular formula is C28H30N6O2. The summed E-state index contributed by atoms with van der Waals surface area (Å²) in [6, 6.07) is 17.0. The molecule has 1 unspecified atom stereocenters. The molecule has 1 aromatic heterocycles. The van der Waals surface area contributed by atoms with E-state index >= 15 is 0 Å². The molecule has 8 heteroatoms. The minimum absolute atomic E-state index is 0.0957. The summed E-state index contributed by atoms with van der Waals surface area (Å²) in [5.41, 5.74) is 9.19. The van der Waals surface area contributed by atoms with E-state index in [2.05, 4.69) is 23.8 Å². The second-order valence-electron chi connectivity index (χ2n) is 9.83. The Morgan fingerprint density at radius 3 is 2.39 bits per heavy atom. The van der Waals surface area contributed by atoms with Crippen LogP contribution in [0.3, 0.4) is 0 Å². The lowest BCUT2D eigenvalue weighted by molar-refractivity contribution is -0.132. The van der Waals surface area contributed by atoms with Gasteiger partial charge in [-0.1, -0.05) is 56.3 Å². The first-order valence-corrected chi connectivity index (χ1v) is 12.3. The smallest absolute Gasteiger partial charge is 0.262 e. The predicted molar refractivity (Wildman–Crippen MR) is 136 cm³/mol. The van der Waals surface area contributed by atoms with Gasteiger partial charge in [-0.25, -0.2) is 4.99 Å². The zero-order valence-electron chi connectivity index (χ0n) is 20.6. The van der Waals surface area contributed by atoms with Crippen molar-refractivity contribution in [2.45, 2.75) is 51.9 Å². The molecule has 0 spiro atoms. The lowest BCUT2D eigenvalue weighted by Gasteiger charge is -2.27. The van der Waals surface area contributed by atoms with Crippen molar-refractivity contribution in [2.75, 3.05) is 0 Å². The Kier molecular flexibility index (Phi) is 6.26. The zero-order valence-corrected chi connectivity index (χ0v) is 20.6. The average Bonchev–Trinajstić information content (AvgIpc) is 3.43. The van der Waals surface area contributed by atoms with Crippen LogP contribution in [0, 0.1) is 5.92 Å². The lowest BCUT2D eigenvalue weighted by atomic mass is 9.83. The number of fused-ring (bicyclic) bond motifs is 1. The highest BCUT2D eigenvalue weighted by atomic mass is 16.2. The Morgan fingerprint density at radius 1 is 1.03 bits per heavy atom. The van der Waals surface area contributed by atoms with Crippen molar-refractivity contribution >= 4 is 17.8 Å². The molecule has 0 saturated carbocycles. The van der Waals surface area contributed by atoms with Crippen molar-refractivity contribution in [2.24, 2.45) is 16.6 Å². The maximum absolute atomic E-state index is 13.9. The molecule has 2 amide bonds. The monoisotopic (exact) mass is 482 g/mol. The molecule has 5 rings (SSSR count). The zero-order chi connectivity index (χ0) is 25.3. The van der Waals surface area contributed by atoms with Crippen LogP contribution in [-0.2, 0) is 30.0 Å². The maximum atomic E-state index is 13.9. The topological polar surface area (TPSA) is 105 Å². The molecule has 0 saturated heterocycles. The Hall–Kier alpha value is -4.07. The van der Waals surface area contributed by atoms with Gasteiger partial charge in [0.25, 0.3) is 11.8 Å². The third-order valence-electron chi connectivity index (χ3n) is 6.86. The molecule has 3 aromatic rings. The summed E-state index contributed by atoms with van der Waals surface area (Å²) < 4.78 is 0. The van der Waals surface area contributed by atoms with Gasteiger partial charge in [0.1, 0.15) is 0 Å². The highest BCUT2D eigenvalue weighted by Crippen LogP contribution is 2.39. The number of carbonyl (C=O) groups is 2. The number of nitrogens with two attached hydrogens (primary N) is 1. The molecule has 1 atom stereocenters. The van der Waals surface area contributed by atoms with E-state index < -0.39 is 5.54 Å². The number of hydrogen-bond donors (Lipinski definition) is 1. The van der Waals surface area contributed by atoms with Gasteiger partial charge in [-0.2, -0.15) is 0 Å². The van der Waals surface area contributed by atoms with Crippen LogP contribution in [0.1, 0.15) is 59.6 Å². The molecule has 2 aliphatic heterocycles. The van der Waals surface area contributed by atoms with E-state index in [4.69, 9.17) is 10.7 Å². The number of rotatable bonds is 7. The van der Waals surface area contributed by atoms with Crippen molar-refractivity contribution in [3.05, 3.63) is 95.1 Å². The highest BCUT2D eigenvalue weighted by molar-refractivity contribution is 6.07. The number of hydrogen-bond acceptors (Lipinski definition) is 6. The van der Waals surface area contributed by atoms with Crippen molar-refractivity contribution in [3.63, 3.8) is 0 Å². The van der Waals surface area contributed by atoms with Gasteiger partial charge in [-0.05, 0) is 42.0 Å². The van der Waals surface area contributed by atoms with Crippen LogP contribution in [0.2, 0.25) is 0 Å². The number of amides is 2. The fourth-order valence-corrected chi connectivity index (χ4v) is 4.88. The molecule has 0 radical (unpaired) electrons. The molecule has 0 aliphatic carbocycles. The number of carbonyl (C=O) groups excluding carboxylic acids is 2. The third kappa shape index (κ3) is 4.34. The molecule has 2 N–H and O–H groups in total. The van der Waals surface area contributed by atoms with Gasteiger partial charge < -0.3 is 10.6 Å². The predicted octanol–water partition coefficient (Wildman–Crippen LogP) is 3.62. The number of aliphatic imine (C=N–C) groups is 1. The Bertz CT molecular complexity index is 1300. The van der Waals surface area contributed by atoms with E-state index in [0.717, 1.165) is 28.9 Å². The molecule has 36 heavy (non-hydrogen) atoms. The van der Waals surface area contributed by atoms with Crippen LogP contribution in [0.15, 0.2) is 72.0 Å².